The first-order valence-electron chi connectivity index (χ1n) is 5.01. The quantitative estimate of drug-likeness (QED) is 0.869. The average molecular weight is 329 g/mol. The van der Waals surface area contributed by atoms with E-state index in [0.717, 1.165) is 27.4 Å². The number of aryl methyl sites for hydroxylation is 1. The van der Waals surface area contributed by atoms with Crippen molar-refractivity contribution in [2.24, 2.45) is 0 Å². The SMILES string of the molecule is Cc1cc(Br)ccc1-c1noc(SCC(=O)O)n1. The number of carboxylic acids is 1. The topological polar surface area (TPSA) is 76.2 Å². The van der Waals surface area contributed by atoms with E-state index in [1.165, 1.54) is 0 Å². The van der Waals surface area contributed by atoms with Gasteiger partial charge in [0.2, 0.25) is 5.82 Å². The number of carboxylic acid groups (broad SMARTS) is 1. The maximum Gasteiger partial charge on any atom is 0.314 e. The molecule has 0 amide bonds. The molecule has 1 aromatic carbocycles. The number of rotatable bonds is 4. The number of carbonyl (C=O) groups is 1. The van der Waals surface area contributed by atoms with Gasteiger partial charge in [-0.15, -0.1) is 0 Å². The van der Waals surface area contributed by atoms with Gasteiger partial charge in [-0.1, -0.05) is 32.8 Å². The zero-order valence-corrected chi connectivity index (χ0v) is 11.8. The number of benzene rings is 1. The van der Waals surface area contributed by atoms with Crippen LogP contribution in [-0.2, 0) is 4.79 Å². The third-order valence-electron chi connectivity index (χ3n) is 2.16. The molecule has 2 aromatic rings. The zero-order valence-electron chi connectivity index (χ0n) is 9.38. The Hall–Kier alpha value is -1.34. The highest BCUT2D eigenvalue weighted by Gasteiger charge is 2.12. The average Bonchev–Trinajstić information content (AvgIpc) is 2.75. The van der Waals surface area contributed by atoms with Gasteiger partial charge in [0.15, 0.2) is 0 Å². The van der Waals surface area contributed by atoms with Crippen LogP contribution in [0.4, 0.5) is 0 Å². The predicted octanol–water partition coefficient (Wildman–Crippen LogP) is 2.98. The van der Waals surface area contributed by atoms with Crippen LogP contribution in [0.25, 0.3) is 11.4 Å². The number of aromatic nitrogens is 2. The van der Waals surface area contributed by atoms with Crippen LogP contribution in [0, 0.1) is 6.92 Å². The van der Waals surface area contributed by atoms with Gasteiger partial charge in [0.1, 0.15) is 5.75 Å². The first kappa shape index (κ1) is 13.1. The van der Waals surface area contributed by atoms with Crippen molar-refractivity contribution in [2.75, 3.05) is 5.75 Å². The molecule has 1 heterocycles. The van der Waals surface area contributed by atoms with Gasteiger partial charge < -0.3 is 9.63 Å². The molecule has 18 heavy (non-hydrogen) atoms. The summed E-state index contributed by atoms with van der Waals surface area (Å²) < 4.78 is 5.96. The van der Waals surface area contributed by atoms with E-state index >= 15 is 0 Å². The van der Waals surface area contributed by atoms with Crippen LogP contribution in [0.3, 0.4) is 0 Å². The normalized spacial score (nSPS) is 10.6. The van der Waals surface area contributed by atoms with E-state index in [1.807, 2.05) is 25.1 Å². The minimum Gasteiger partial charge on any atom is -0.481 e. The molecule has 94 valence electrons. The first-order valence-corrected chi connectivity index (χ1v) is 6.79. The van der Waals surface area contributed by atoms with Gasteiger partial charge in [0.25, 0.3) is 5.22 Å². The van der Waals surface area contributed by atoms with Gasteiger partial charge >= 0.3 is 5.97 Å². The lowest BCUT2D eigenvalue weighted by Gasteiger charge is -2.00. The van der Waals surface area contributed by atoms with Gasteiger partial charge in [-0.05, 0) is 30.7 Å². The fourth-order valence-corrected chi connectivity index (χ4v) is 2.34. The summed E-state index contributed by atoms with van der Waals surface area (Å²) in [7, 11) is 0. The smallest absolute Gasteiger partial charge is 0.314 e. The molecular formula is C11H9BrN2O3S. The van der Waals surface area contributed by atoms with Crippen LogP contribution in [0.5, 0.6) is 0 Å². The lowest BCUT2D eigenvalue weighted by atomic mass is 10.1. The van der Waals surface area contributed by atoms with Crippen LogP contribution in [0.2, 0.25) is 0 Å². The van der Waals surface area contributed by atoms with Gasteiger partial charge in [-0.25, -0.2) is 0 Å². The Balaban J connectivity index is 2.21. The largest absolute Gasteiger partial charge is 0.481 e. The van der Waals surface area contributed by atoms with E-state index in [-0.39, 0.29) is 11.0 Å². The summed E-state index contributed by atoms with van der Waals surface area (Å²) in [6.45, 7) is 1.94. The van der Waals surface area contributed by atoms with Crippen LogP contribution in [0.1, 0.15) is 5.56 Å². The Morgan fingerprint density at radius 1 is 1.56 bits per heavy atom. The molecule has 2 rings (SSSR count). The van der Waals surface area contributed by atoms with Crippen LogP contribution >= 0.6 is 27.7 Å². The summed E-state index contributed by atoms with van der Waals surface area (Å²) in [6.07, 6.45) is 0. The molecule has 0 bridgehead atoms. The molecule has 0 unspecified atom stereocenters. The van der Waals surface area contributed by atoms with E-state index in [2.05, 4.69) is 26.1 Å². The Kier molecular flexibility index (Phi) is 4.03. The van der Waals surface area contributed by atoms with Gasteiger partial charge in [0.05, 0.1) is 0 Å². The first-order chi connectivity index (χ1) is 8.56. The standard InChI is InChI=1S/C11H9BrN2O3S/c1-6-4-7(12)2-3-8(6)10-13-11(17-14-10)18-5-9(15)16/h2-4H,5H2,1H3,(H,15,16). The van der Waals surface area contributed by atoms with E-state index in [4.69, 9.17) is 9.63 Å². The Bertz CT molecular complexity index is 585. The Morgan fingerprint density at radius 2 is 2.33 bits per heavy atom. The molecule has 0 fully saturated rings. The van der Waals surface area contributed by atoms with Gasteiger partial charge in [0, 0.05) is 10.0 Å². The summed E-state index contributed by atoms with van der Waals surface area (Å²) in [5.41, 5.74) is 1.88. The van der Waals surface area contributed by atoms with Crippen molar-refractivity contribution in [3.05, 3.63) is 28.2 Å². The molecule has 7 heteroatoms. The number of aliphatic carboxylic acids is 1. The number of hydrogen-bond donors (Lipinski definition) is 1. The lowest BCUT2D eigenvalue weighted by Crippen LogP contribution is -1.97. The highest BCUT2D eigenvalue weighted by atomic mass is 79.9. The molecule has 0 spiro atoms. The van der Waals surface area contributed by atoms with E-state index in [9.17, 15) is 4.79 Å². The number of halogens is 1. The van der Waals surface area contributed by atoms with Gasteiger partial charge in [-0.3, -0.25) is 4.79 Å². The van der Waals surface area contributed by atoms with E-state index in [1.54, 1.807) is 0 Å². The molecule has 0 aliphatic heterocycles. The fraction of sp³-hybridized carbons (Fsp3) is 0.182. The summed E-state index contributed by atoms with van der Waals surface area (Å²) >= 11 is 4.39. The van der Waals surface area contributed by atoms with Crippen molar-refractivity contribution in [3.8, 4) is 11.4 Å². The molecule has 5 nitrogen and oxygen atoms in total. The molecule has 0 aliphatic carbocycles. The molecule has 1 N–H and O–H groups in total. The van der Waals surface area contributed by atoms with Crippen molar-refractivity contribution in [2.45, 2.75) is 12.1 Å². The van der Waals surface area contributed by atoms with E-state index in [0.29, 0.717) is 5.82 Å². The Labute approximate surface area is 116 Å². The molecule has 0 saturated carbocycles. The maximum absolute atomic E-state index is 10.4. The van der Waals surface area contributed by atoms with Crippen molar-refractivity contribution in [3.63, 3.8) is 0 Å². The Morgan fingerprint density at radius 3 is 3.00 bits per heavy atom. The van der Waals surface area contributed by atoms with Crippen molar-refractivity contribution in [1.82, 2.24) is 10.1 Å². The van der Waals surface area contributed by atoms with E-state index < -0.39 is 5.97 Å². The summed E-state index contributed by atoms with van der Waals surface area (Å²) in [5.74, 6) is -0.548. The second kappa shape index (κ2) is 5.53. The second-order valence-electron chi connectivity index (χ2n) is 3.53. The molecule has 0 radical (unpaired) electrons. The molecular weight excluding hydrogens is 320 g/mol. The fourth-order valence-electron chi connectivity index (χ4n) is 1.38. The second-order valence-corrected chi connectivity index (χ2v) is 5.37. The number of thioether (sulfide) groups is 1. The van der Waals surface area contributed by atoms with Crippen LogP contribution in [-0.4, -0.2) is 27.0 Å². The van der Waals surface area contributed by atoms with Crippen molar-refractivity contribution < 1.29 is 14.4 Å². The minimum atomic E-state index is -0.917. The third-order valence-corrected chi connectivity index (χ3v) is 3.45. The number of hydrogen-bond acceptors (Lipinski definition) is 5. The number of nitrogens with zero attached hydrogens (tertiary/aromatic N) is 2. The molecule has 1 aromatic heterocycles. The summed E-state index contributed by atoms with van der Waals surface area (Å²) in [5, 5.41) is 12.7. The van der Waals surface area contributed by atoms with Crippen LogP contribution in [0.15, 0.2) is 32.4 Å². The molecule has 0 saturated heterocycles. The summed E-state index contributed by atoms with van der Waals surface area (Å²) in [6, 6.07) is 5.73. The third kappa shape index (κ3) is 3.11. The monoisotopic (exact) mass is 328 g/mol. The molecule has 0 atom stereocenters. The van der Waals surface area contributed by atoms with Gasteiger partial charge in [-0.2, -0.15) is 4.98 Å². The predicted molar refractivity (Wildman–Crippen MR) is 70.5 cm³/mol. The zero-order chi connectivity index (χ0) is 13.1. The van der Waals surface area contributed by atoms with Crippen molar-refractivity contribution >= 4 is 33.7 Å². The maximum atomic E-state index is 10.4. The van der Waals surface area contributed by atoms with Crippen LogP contribution < -0.4 is 0 Å². The highest BCUT2D eigenvalue weighted by Crippen LogP contribution is 2.26. The summed E-state index contributed by atoms with van der Waals surface area (Å²) in [4.78, 5) is 14.6. The lowest BCUT2D eigenvalue weighted by molar-refractivity contribution is -0.133. The van der Waals surface area contributed by atoms with Crippen molar-refractivity contribution in [1.29, 1.82) is 0 Å². The minimum absolute atomic E-state index is 0.0963. The molecule has 0 aliphatic rings. The highest BCUT2D eigenvalue weighted by molar-refractivity contribution is 9.10.